The molecule has 0 aliphatic carbocycles. The molecule has 0 bridgehead atoms. The number of carbonyl (C=O) groups is 1. The smallest absolute Gasteiger partial charge is 0.256 e. The first kappa shape index (κ1) is 18.8. The summed E-state index contributed by atoms with van der Waals surface area (Å²) in [6, 6.07) is 18.1. The van der Waals surface area contributed by atoms with Crippen molar-refractivity contribution in [2.45, 2.75) is 18.0 Å². The molecule has 3 atom stereocenters. The SMILES string of the molecule is N#C[C@@H]1[C@H](c2ccc(-c3cccc(F)c3)cc2)[C@@H](CO)N1C(=O)c1cccnc1. The normalized spacial score (nSPS) is 20.6. The highest BCUT2D eigenvalue weighted by atomic mass is 19.1. The molecule has 1 aromatic heterocycles. The summed E-state index contributed by atoms with van der Waals surface area (Å²) in [5.41, 5.74) is 2.84. The largest absolute Gasteiger partial charge is 0.394 e. The topological polar surface area (TPSA) is 77.2 Å². The molecular formula is C23H18FN3O2. The Kier molecular flexibility index (Phi) is 5.07. The summed E-state index contributed by atoms with van der Waals surface area (Å²) >= 11 is 0. The van der Waals surface area contributed by atoms with Crippen molar-refractivity contribution >= 4 is 5.91 Å². The number of hydrogen-bond donors (Lipinski definition) is 1. The molecule has 6 heteroatoms. The van der Waals surface area contributed by atoms with Crippen LogP contribution in [-0.4, -0.2) is 39.6 Å². The van der Waals surface area contributed by atoms with Crippen molar-refractivity contribution in [1.29, 1.82) is 5.26 Å². The summed E-state index contributed by atoms with van der Waals surface area (Å²) in [5.74, 6) is -0.927. The first-order chi connectivity index (χ1) is 14.1. The van der Waals surface area contributed by atoms with Gasteiger partial charge in [-0.05, 0) is 41.0 Å². The van der Waals surface area contributed by atoms with Crippen molar-refractivity contribution in [1.82, 2.24) is 9.88 Å². The molecule has 1 N–H and O–H groups in total. The number of amides is 1. The Hall–Kier alpha value is -3.56. The number of benzene rings is 2. The van der Waals surface area contributed by atoms with Gasteiger partial charge in [-0.2, -0.15) is 5.26 Å². The molecule has 1 fully saturated rings. The third kappa shape index (κ3) is 3.37. The zero-order valence-corrected chi connectivity index (χ0v) is 15.4. The molecule has 2 heterocycles. The van der Waals surface area contributed by atoms with Crippen LogP contribution in [0.5, 0.6) is 0 Å². The molecule has 0 unspecified atom stereocenters. The van der Waals surface area contributed by atoms with Gasteiger partial charge in [-0.15, -0.1) is 0 Å². The molecule has 0 spiro atoms. The van der Waals surface area contributed by atoms with Crippen LogP contribution in [0.3, 0.4) is 0 Å². The maximum atomic E-state index is 13.5. The van der Waals surface area contributed by atoms with Gasteiger partial charge < -0.3 is 10.0 Å². The lowest BCUT2D eigenvalue weighted by Gasteiger charge is -2.51. The Morgan fingerprint density at radius 3 is 2.55 bits per heavy atom. The van der Waals surface area contributed by atoms with E-state index >= 15 is 0 Å². The van der Waals surface area contributed by atoms with Crippen LogP contribution in [0.2, 0.25) is 0 Å². The van der Waals surface area contributed by atoms with Gasteiger partial charge in [-0.3, -0.25) is 9.78 Å². The van der Waals surface area contributed by atoms with E-state index in [1.165, 1.54) is 23.2 Å². The third-order valence-corrected chi connectivity index (χ3v) is 5.33. The summed E-state index contributed by atoms with van der Waals surface area (Å²) in [5, 5.41) is 19.6. The Bertz CT molecular complexity index is 1060. The van der Waals surface area contributed by atoms with Crippen LogP contribution < -0.4 is 0 Å². The van der Waals surface area contributed by atoms with Crippen molar-refractivity contribution in [3.8, 4) is 17.2 Å². The molecule has 5 nitrogen and oxygen atoms in total. The van der Waals surface area contributed by atoms with Gasteiger partial charge in [0.1, 0.15) is 11.9 Å². The fourth-order valence-corrected chi connectivity index (χ4v) is 3.89. The average molecular weight is 387 g/mol. The standard InChI is InChI=1S/C23H18FN3O2/c24-19-5-1-3-17(11-19)15-6-8-16(9-7-15)22-20(12-25)27(21(22)14-28)23(29)18-4-2-10-26-13-18/h1-11,13,20-22,28H,14H2/t20-,21-,22+/m1/s1. The van der Waals surface area contributed by atoms with E-state index in [1.807, 2.05) is 30.3 Å². The predicted octanol–water partition coefficient (Wildman–Crippen LogP) is 3.38. The van der Waals surface area contributed by atoms with E-state index in [0.717, 1.165) is 16.7 Å². The maximum Gasteiger partial charge on any atom is 0.256 e. The van der Waals surface area contributed by atoms with E-state index in [2.05, 4.69) is 11.1 Å². The molecule has 2 aromatic carbocycles. The Balaban J connectivity index is 1.60. The van der Waals surface area contributed by atoms with Gasteiger partial charge in [-0.25, -0.2) is 4.39 Å². The van der Waals surface area contributed by atoms with Crippen molar-refractivity contribution in [3.63, 3.8) is 0 Å². The van der Waals surface area contributed by atoms with Crippen molar-refractivity contribution < 1.29 is 14.3 Å². The van der Waals surface area contributed by atoms with Crippen LogP contribution in [0.1, 0.15) is 21.8 Å². The first-order valence-electron chi connectivity index (χ1n) is 9.23. The van der Waals surface area contributed by atoms with Crippen LogP contribution in [0.15, 0.2) is 73.1 Å². The number of halogens is 1. The van der Waals surface area contributed by atoms with E-state index in [-0.39, 0.29) is 24.2 Å². The zero-order chi connectivity index (χ0) is 20.4. The van der Waals surface area contributed by atoms with Crippen molar-refractivity contribution in [2.75, 3.05) is 6.61 Å². The summed E-state index contributed by atoms with van der Waals surface area (Å²) in [7, 11) is 0. The van der Waals surface area contributed by atoms with Crippen LogP contribution in [0, 0.1) is 17.1 Å². The van der Waals surface area contributed by atoms with Crippen LogP contribution in [-0.2, 0) is 0 Å². The minimum absolute atomic E-state index is 0.250. The average Bonchev–Trinajstić information content (AvgIpc) is 2.74. The lowest BCUT2D eigenvalue weighted by Crippen LogP contribution is -2.65. The molecule has 1 aliphatic heterocycles. The number of aliphatic hydroxyl groups excluding tert-OH is 1. The molecule has 0 saturated carbocycles. The van der Waals surface area contributed by atoms with Gasteiger partial charge in [0, 0.05) is 18.3 Å². The lowest BCUT2D eigenvalue weighted by molar-refractivity contribution is -0.00588. The molecule has 29 heavy (non-hydrogen) atoms. The molecule has 3 aromatic rings. The van der Waals surface area contributed by atoms with Crippen molar-refractivity contribution in [3.05, 3.63) is 90.0 Å². The molecule has 4 rings (SSSR count). The fourth-order valence-electron chi connectivity index (χ4n) is 3.89. The zero-order valence-electron chi connectivity index (χ0n) is 15.4. The minimum atomic E-state index is -0.681. The summed E-state index contributed by atoms with van der Waals surface area (Å²) in [4.78, 5) is 18.2. The third-order valence-electron chi connectivity index (χ3n) is 5.33. The Morgan fingerprint density at radius 2 is 1.93 bits per heavy atom. The van der Waals surface area contributed by atoms with E-state index in [4.69, 9.17) is 0 Å². The van der Waals surface area contributed by atoms with Crippen LogP contribution in [0.4, 0.5) is 4.39 Å². The monoisotopic (exact) mass is 387 g/mol. The molecule has 0 radical (unpaired) electrons. The van der Waals surface area contributed by atoms with Gasteiger partial charge in [0.2, 0.25) is 0 Å². The molecule has 144 valence electrons. The van der Waals surface area contributed by atoms with Gasteiger partial charge in [0.05, 0.1) is 24.3 Å². The highest BCUT2D eigenvalue weighted by Crippen LogP contribution is 2.41. The van der Waals surface area contributed by atoms with Crippen molar-refractivity contribution in [2.24, 2.45) is 0 Å². The van der Waals surface area contributed by atoms with Gasteiger partial charge in [0.25, 0.3) is 5.91 Å². The number of aliphatic hydroxyl groups is 1. The first-order valence-corrected chi connectivity index (χ1v) is 9.23. The lowest BCUT2D eigenvalue weighted by atomic mass is 9.75. The number of nitrogens with zero attached hydrogens (tertiary/aromatic N) is 3. The predicted molar refractivity (Wildman–Crippen MR) is 105 cm³/mol. The summed E-state index contributed by atoms with van der Waals surface area (Å²) in [6.07, 6.45) is 3.02. The van der Waals surface area contributed by atoms with Gasteiger partial charge in [0.15, 0.2) is 0 Å². The highest BCUT2D eigenvalue weighted by molar-refractivity contribution is 5.95. The number of hydrogen-bond acceptors (Lipinski definition) is 4. The molecule has 1 saturated heterocycles. The second-order valence-corrected chi connectivity index (χ2v) is 6.94. The number of likely N-dealkylation sites (tertiary alicyclic amines) is 1. The molecular weight excluding hydrogens is 369 g/mol. The molecule has 1 aliphatic rings. The van der Waals surface area contributed by atoms with E-state index in [9.17, 15) is 19.6 Å². The van der Waals surface area contributed by atoms with Gasteiger partial charge >= 0.3 is 0 Å². The maximum absolute atomic E-state index is 13.5. The Morgan fingerprint density at radius 1 is 1.14 bits per heavy atom. The van der Waals surface area contributed by atoms with Gasteiger partial charge in [-0.1, -0.05) is 36.4 Å². The second kappa shape index (κ2) is 7.82. The number of carbonyl (C=O) groups excluding carboxylic acids is 1. The van der Waals surface area contributed by atoms with Crippen LogP contribution >= 0.6 is 0 Å². The quantitative estimate of drug-likeness (QED) is 0.745. The number of nitriles is 1. The number of aromatic nitrogens is 1. The van der Waals surface area contributed by atoms with E-state index in [1.54, 1.807) is 24.4 Å². The highest BCUT2D eigenvalue weighted by Gasteiger charge is 2.51. The Labute approximate surface area is 167 Å². The molecule has 1 amide bonds. The summed E-state index contributed by atoms with van der Waals surface area (Å²) < 4.78 is 13.5. The fraction of sp³-hybridized carbons (Fsp3) is 0.174. The van der Waals surface area contributed by atoms with E-state index in [0.29, 0.717) is 5.56 Å². The minimum Gasteiger partial charge on any atom is -0.394 e. The number of pyridine rings is 1. The van der Waals surface area contributed by atoms with E-state index < -0.39 is 12.1 Å². The van der Waals surface area contributed by atoms with Crippen LogP contribution in [0.25, 0.3) is 11.1 Å². The second-order valence-electron chi connectivity index (χ2n) is 6.94. The number of rotatable bonds is 4. The summed E-state index contributed by atoms with van der Waals surface area (Å²) in [6.45, 7) is -0.250.